The van der Waals surface area contributed by atoms with Gasteiger partial charge in [-0.1, -0.05) is 0 Å². The second-order valence-corrected chi connectivity index (χ2v) is 8.58. The maximum Gasteiger partial charge on any atom is 0.408 e. The number of nitrogens with one attached hydrogen (secondary N) is 1. The Bertz CT molecular complexity index is 681. The first-order valence-electron chi connectivity index (χ1n) is 7.41. The van der Waals surface area contributed by atoms with Crippen LogP contribution < -0.4 is 5.32 Å². The highest BCUT2D eigenvalue weighted by Crippen LogP contribution is 2.32. The first kappa shape index (κ1) is 18.7. The standard InChI is InChI=1S/C15H21N3O4S2/c1-8(16-13(21)22-14(2,3)4)10-17-9(6-23-10)11-18-15(5,7-24-11)12(19)20/h6,8H,7H2,1-5H3,(H,16,21)(H,19,20)/t8-,15+/m1/s1. The van der Waals surface area contributed by atoms with E-state index in [4.69, 9.17) is 4.74 Å². The lowest BCUT2D eigenvalue weighted by atomic mass is 10.1. The van der Waals surface area contributed by atoms with Gasteiger partial charge in [0.05, 0.1) is 6.04 Å². The molecule has 0 saturated carbocycles. The van der Waals surface area contributed by atoms with E-state index in [1.807, 2.05) is 12.3 Å². The summed E-state index contributed by atoms with van der Waals surface area (Å²) in [6.45, 7) is 8.81. The number of hydrogen-bond acceptors (Lipinski definition) is 7. The summed E-state index contributed by atoms with van der Waals surface area (Å²) in [7, 11) is 0. The van der Waals surface area contributed by atoms with E-state index in [9.17, 15) is 14.7 Å². The Morgan fingerprint density at radius 3 is 2.67 bits per heavy atom. The third-order valence-electron chi connectivity index (χ3n) is 3.14. The zero-order valence-corrected chi connectivity index (χ0v) is 15.9. The molecule has 24 heavy (non-hydrogen) atoms. The van der Waals surface area contributed by atoms with Crippen molar-refractivity contribution in [1.82, 2.24) is 10.3 Å². The molecule has 0 unspecified atom stereocenters. The van der Waals surface area contributed by atoms with Crippen molar-refractivity contribution < 1.29 is 19.4 Å². The van der Waals surface area contributed by atoms with Crippen molar-refractivity contribution >= 4 is 40.2 Å². The van der Waals surface area contributed by atoms with E-state index in [2.05, 4.69) is 15.3 Å². The number of carboxylic acids is 1. The molecule has 1 aliphatic heterocycles. The van der Waals surface area contributed by atoms with Gasteiger partial charge >= 0.3 is 12.1 Å². The highest BCUT2D eigenvalue weighted by Gasteiger charge is 2.39. The van der Waals surface area contributed by atoms with Gasteiger partial charge in [0.15, 0.2) is 5.54 Å². The Hall–Kier alpha value is -1.61. The second-order valence-electron chi connectivity index (χ2n) is 6.72. The number of hydrogen-bond donors (Lipinski definition) is 2. The minimum Gasteiger partial charge on any atom is -0.479 e. The van der Waals surface area contributed by atoms with E-state index in [1.54, 1.807) is 27.7 Å². The van der Waals surface area contributed by atoms with Gasteiger partial charge in [-0.15, -0.1) is 23.1 Å². The van der Waals surface area contributed by atoms with Crippen LogP contribution in [0.5, 0.6) is 0 Å². The summed E-state index contributed by atoms with van der Waals surface area (Å²) >= 11 is 2.77. The van der Waals surface area contributed by atoms with Gasteiger partial charge in [0.1, 0.15) is 21.3 Å². The van der Waals surface area contributed by atoms with E-state index < -0.39 is 23.2 Å². The van der Waals surface area contributed by atoms with Crippen molar-refractivity contribution in [1.29, 1.82) is 0 Å². The smallest absolute Gasteiger partial charge is 0.408 e. The van der Waals surface area contributed by atoms with Crippen LogP contribution in [-0.4, -0.2) is 44.1 Å². The number of carboxylic acid groups (broad SMARTS) is 1. The number of aliphatic imine (C=N–C) groups is 1. The zero-order chi connectivity index (χ0) is 18.1. The summed E-state index contributed by atoms with van der Waals surface area (Å²) in [5, 5.41) is 15.1. The molecular weight excluding hydrogens is 350 g/mol. The first-order valence-corrected chi connectivity index (χ1v) is 9.28. The Labute approximate surface area is 148 Å². The molecule has 9 heteroatoms. The number of thiazole rings is 1. The van der Waals surface area contributed by atoms with Gasteiger partial charge in [0.25, 0.3) is 0 Å². The summed E-state index contributed by atoms with van der Waals surface area (Å²) in [5.74, 6) is -0.559. The number of amides is 1. The Morgan fingerprint density at radius 1 is 1.46 bits per heavy atom. The van der Waals surface area contributed by atoms with Gasteiger partial charge in [0, 0.05) is 11.1 Å². The van der Waals surface area contributed by atoms with Crippen LogP contribution >= 0.6 is 23.1 Å². The number of alkyl carbamates (subject to hydrolysis) is 1. The van der Waals surface area contributed by atoms with Crippen LogP contribution in [0, 0.1) is 0 Å². The topological polar surface area (TPSA) is 101 Å². The molecule has 1 aromatic rings. The average Bonchev–Trinajstić information content (AvgIpc) is 3.03. The number of rotatable bonds is 4. The van der Waals surface area contributed by atoms with E-state index in [0.29, 0.717) is 21.5 Å². The molecule has 132 valence electrons. The monoisotopic (exact) mass is 371 g/mol. The average molecular weight is 371 g/mol. The first-order chi connectivity index (χ1) is 11.0. The highest BCUT2D eigenvalue weighted by molar-refractivity contribution is 8.14. The van der Waals surface area contributed by atoms with E-state index in [0.717, 1.165) is 0 Å². The number of carbonyl (C=O) groups is 2. The Kier molecular flexibility index (Phi) is 5.24. The Morgan fingerprint density at radius 2 is 2.12 bits per heavy atom. The number of nitrogens with zero attached hydrogens (tertiary/aromatic N) is 2. The molecule has 0 bridgehead atoms. The van der Waals surface area contributed by atoms with Crippen LogP contribution in [0.15, 0.2) is 10.4 Å². The predicted molar refractivity (Wildman–Crippen MR) is 94.9 cm³/mol. The number of ether oxygens (including phenoxy) is 1. The number of carbonyl (C=O) groups excluding carboxylic acids is 1. The van der Waals surface area contributed by atoms with Crippen LogP contribution in [-0.2, 0) is 9.53 Å². The lowest BCUT2D eigenvalue weighted by molar-refractivity contribution is -0.141. The molecule has 0 saturated heterocycles. The fraction of sp³-hybridized carbons (Fsp3) is 0.600. The van der Waals surface area contributed by atoms with Gasteiger partial charge in [-0.3, -0.25) is 4.99 Å². The minimum atomic E-state index is -1.11. The molecule has 1 aromatic heterocycles. The molecular formula is C15H21N3O4S2. The molecule has 0 spiro atoms. The van der Waals surface area contributed by atoms with Crippen LogP contribution in [0.1, 0.15) is 51.4 Å². The number of aromatic nitrogens is 1. The van der Waals surface area contributed by atoms with Crippen LogP contribution in [0.25, 0.3) is 0 Å². The highest BCUT2D eigenvalue weighted by atomic mass is 32.2. The van der Waals surface area contributed by atoms with Crippen LogP contribution in [0.3, 0.4) is 0 Å². The molecule has 0 fully saturated rings. The summed E-state index contributed by atoms with van der Waals surface area (Å²) < 4.78 is 5.22. The molecule has 7 nitrogen and oxygen atoms in total. The van der Waals surface area contributed by atoms with Crippen molar-refractivity contribution in [3.8, 4) is 0 Å². The van der Waals surface area contributed by atoms with Crippen LogP contribution in [0.2, 0.25) is 0 Å². The second kappa shape index (κ2) is 6.72. The maximum atomic E-state index is 11.8. The van der Waals surface area contributed by atoms with Crippen LogP contribution in [0.4, 0.5) is 4.79 Å². The minimum absolute atomic E-state index is 0.309. The molecule has 0 radical (unpaired) electrons. The van der Waals surface area contributed by atoms with E-state index in [1.165, 1.54) is 23.1 Å². The lowest BCUT2D eigenvalue weighted by Gasteiger charge is -2.21. The van der Waals surface area contributed by atoms with Crippen molar-refractivity contribution in [2.24, 2.45) is 4.99 Å². The maximum absolute atomic E-state index is 11.8. The SMILES string of the molecule is C[C@@H](NC(=O)OC(C)(C)C)c1nc(C2=N[C@](C)(C(=O)O)CS2)cs1. The summed E-state index contributed by atoms with van der Waals surface area (Å²) in [4.78, 5) is 31.8. The largest absolute Gasteiger partial charge is 0.479 e. The van der Waals surface area contributed by atoms with Gasteiger partial charge in [-0.05, 0) is 34.6 Å². The summed E-state index contributed by atoms with van der Waals surface area (Å²) in [6, 6.07) is -0.309. The summed E-state index contributed by atoms with van der Waals surface area (Å²) in [6.07, 6.45) is -0.502. The molecule has 1 amide bonds. The zero-order valence-electron chi connectivity index (χ0n) is 14.2. The molecule has 0 aromatic carbocycles. The van der Waals surface area contributed by atoms with Gasteiger partial charge < -0.3 is 15.2 Å². The fourth-order valence-electron chi connectivity index (χ4n) is 1.87. The van der Waals surface area contributed by atoms with Crippen molar-refractivity contribution in [3.05, 3.63) is 16.1 Å². The molecule has 1 aliphatic rings. The molecule has 2 atom stereocenters. The van der Waals surface area contributed by atoms with Crippen molar-refractivity contribution in [2.45, 2.75) is 51.8 Å². The molecule has 2 N–H and O–H groups in total. The molecule has 0 aliphatic carbocycles. The van der Waals surface area contributed by atoms with Gasteiger partial charge in [-0.2, -0.15) is 0 Å². The van der Waals surface area contributed by atoms with Crippen molar-refractivity contribution in [2.75, 3.05) is 5.75 Å². The Balaban J connectivity index is 2.06. The number of thioether (sulfide) groups is 1. The van der Waals surface area contributed by atoms with Crippen molar-refractivity contribution in [3.63, 3.8) is 0 Å². The third kappa shape index (κ3) is 4.47. The third-order valence-corrected chi connectivity index (χ3v) is 5.45. The van der Waals surface area contributed by atoms with E-state index >= 15 is 0 Å². The van der Waals surface area contributed by atoms with Gasteiger partial charge in [0.2, 0.25) is 0 Å². The van der Waals surface area contributed by atoms with Gasteiger partial charge in [-0.25, -0.2) is 14.6 Å². The molecule has 2 rings (SSSR count). The predicted octanol–water partition coefficient (Wildman–Crippen LogP) is 3.07. The normalized spacial score (nSPS) is 22.0. The fourth-order valence-corrected chi connectivity index (χ4v) is 3.88. The molecule has 2 heterocycles. The number of aliphatic carboxylic acids is 1. The quantitative estimate of drug-likeness (QED) is 0.843. The summed E-state index contributed by atoms with van der Waals surface area (Å²) in [5.41, 5.74) is -1.03. The van der Waals surface area contributed by atoms with E-state index in [-0.39, 0.29) is 6.04 Å². The lowest BCUT2D eigenvalue weighted by Crippen LogP contribution is -2.34.